The van der Waals surface area contributed by atoms with Gasteiger partial charge in [0.1, 0.15) is 5.75 Å². The molecule has 0 atom stereocenters. The highest BCUT2D eigenvalue weighted by molar-refractivity contribution is 9.08. The lowest BCUT2D eigenvalue weighted by Crippen LogP contribution is -1.97. The Morgan fingerprint density at radius 3 is 2.86 bits per heavy atom. The normalized spacial score (nSPS) is 10.2. The van der Waals surface area contributed by atoms with Crippen molar-refractivity contribution in [2.75, 3.05) is 6.61 Å². The van der Waals surface area contributed by atoms with Crippen molar-refractivity contribution in [3.8, 4) is 5.75 Å². The molecule has 1 aromatic carbocycles. The van der Waals surface area contributed by atoms with Crippen molar-refractivity contribution in [1.82, 2.24) is 0 Å². The molecule has 0 amide bonds. The number of halogens is 2. The highest BCUT2D eigenvalue weighted by atomic mass is 79.9. The summed E-state index contributed by atoms with van der Waals surface area (Å²) >= 11 is 9.39. The van der Waals surface area contributed by atoms with Crippen LogP contribution >= 0.6 is 27.5 Å². The summed E-state index contributed by atoms with van der Waals surface area (Å²) in [4.78, 5) is 0. The molecule has 0 N–H and O–H groups in total. The van der Waals surface area contributed by atoms with E-state index in [0.717, 1.165) is 30.5 Å². The minimum absolute atomic E-state index is 0.686. The maximum Gasteiger partial charge on any atom is 0.138 e. The molecule has 1 nitrogen and oxygen atoms in total. The molecule has 78 valence electrons. The lowest BCUT2D eigenvalue weighted by molar-refractivity contribution is 0.309. The van der Waals surface area contributed by atoms with Gasteiger partial charge in [0.2, 0.25) is 0 Å². The number of unbranched alkanes of at least 4 members (excludes halogenated alkanes) is 1. The fraction of sp³-hybridized carbons (Fsp3) is 0.455. The Morgan fingerprint density at radius 1 is 1.43 bits per heavy atom. The van der Waals surface area contributed by atoms with E-state index in [-0.39, 0.29) is 0 Å². The quantitative estimate of drug-likeness (QED) is 0.572. The van der Waals surface area contributed by atoms with Crippen LogP contribution in [0.15, 0.2) is 18.2 Å². The van der Waals surface area contributed by atoms with Crippen molar-refractivity contribution in [2.24, 2.45) is 0 Å². The summed E-state index contributed by atoms with van der Waals surface area (Å²) in [7, 11) is 0. The van der Waals surface area contributed by atoms with Gasteiger partial charge in [0.15, 0.2) is 0 Å². The number of hydrogen-bond donors (Lipinski definition) is 0. The second kappa shape index (κ2) is 6.31. The van der Waals surface area contributed by atoms with Gasteiger partial charge in [-0.25, -0.2) is 0 Å². The van der Waals surface area contributed by atoms with Gasteiger partial charge in [0.25, 0.3) is 0 Å². The van der Waals surface area contributed by atoms with Crippen molar-refractivity contribution in [1.29, 1.82) is 0 Å². The minimum atomic E-state index is 0.686. The first kappa shape index (κ1) is 11.9. The third-order valence-corrected chi connectivity index (χ3v) is 2.87. The molecule has 0 aromatic heterocycles. The Bertz CT molecular complexity index is 289. The fourth-order valence-corrected chi connectivity index (χ4v) is 1.59. The lowest BCUT2D eigenvalue weighted by Gasteiger charge is -2.08. The van der Waals surface area contributed by atoms with Gasteiger partial charge >= 0.3 is 0 Å². The monoisotopic (exact) mass is 276 g/mol. The molecule has 0 aliphatic heterocycles. The zero-order chi connectivity index (χ0) is 10.4. The molecule has 0 heterocycles. The molecule has 0 saturated carbocycles. The summed E-state index contributed by atoms with van der Waals surface area (Å²) in [5.74, 6) is 0.789. The molecule has 3 heteroatoms. The molecule has 0 saturated heterocycles. The number of rotatable bonds is 5. The van der Waals surface area contributed by atoms with Gasteiger partial charge in [-0.05, 0) is 24.1 Å². The van der Waals surface area contributed by atoms with Crippen molar-refractivity contribution in [3.63, 3.8) is 0 Å². The Kier molecular flexibility index (Phi) is 5.34. The summed E-state index contributed by atoms with van der Waals surface area (Å²) in [6.07, 6.45) is 2.20. The second-order valence-corrected chi connectivity index (χ2v) is 4.07. The van der Waals surface area contributed by atoms with E-state index in [4.69, 9.17) is 16.3 Å². The maximum absolute atomic E-state index is 5.99. The van der Waals surface area contributed by atoms with E-state index in [0.29, 0.717) is 5.02 Å². The van der Waals surface area contributed by atoms with Crippen LogP contribution in [0.4, 0.5) is 0 Å². The average molecular weight is 278 g/mol. The van der Waals surface area contributed by atoms with Gasteiger partial charge in [0.05, 0.1) is 11.6 Å². The maximum atomic E-state index is 5.99. The van der Waals surface area contributed by atoms with Crippen molar-refractivity contribution >= 4 is 27.5 Å². The van der Waals surface area contributed by atoms with Crippen LogP contribution in [0.25, 0.3) is 0 Å². The predicted molar refractivity (Wildman–Crippen MR) is 64.5 cm³/mol. The Balaban J connectivity index is 2.64. The summed E-state index contributed by atoms with van der Waals surface area (Å²) in [6, 6.07) is 5.84. The van der Waals surface area contributed by atoms with Gasteiger partial charge in [0, 0.05) is 5.33 Å². The van der Waals surface area contributed by atoms with Crippen LogP contribution in [-0.2, 0) is 5.33 Å². The van der Waals surface area contributed by atoms with E-state index >= 15 is 0 Å². The SMILES string of the molecule is CCCCOc1cc(CBr)ccc1Cl. The molecule has 14 heavy (non-hydrogen) atoms. The zero-order valence-electron chi connectivity index (χ0n) is 8.22. The first-order valence-electron chi connectivity index (χ1n) is 4.75. The lowest BCUT2D eigenvalue weighted by atomic mass is 10.2. The Hall–Kier alpha value is -0.210. The highest BCUT2D eigenvalue weighted by Crippen LogP contribution is 2.26. The molecule has 0 fully saturated rings. The third kappa shape index (κ3) is 3.50. The van der Waals surface area contributed by atoms with Gasteiger partial charge in [-0.3, -0.25) is 0 Å². The van der Waals surface area contributed by atoms with Gasteiger partial charge in [-0.15, -0.1) is 0 Å². The van der Waals surface area contributed by atoms with Crippen LogP contribution in [0.5, 0.6) is 5.75 Å². The summed E-state index contributed by atoms with van der Waals surface area (Å²) < 4.78 is 5.57. The predicted octanol–water partition coefficient (Wildman–Crippen LogP) is 4.41. The van der Waals surface area contributed by atoms with Gasteiger partial charge in [-0.1, -0.05) is 46.9 Å². The van der Waals surface area contributed by atoms with E-state index in [2.05, 4.69) is 22.9 Å². The van der Waals surface area contributed by atoms with Crippen LogP contribution in [0.3, 0.4) is 0 Å². The van der Waals surface area contributed by atoms with E-state index in [1.165, 1.54) is 5.56 Å². The van der Waals surface area contributed by atoms with E-state index in [1.54, 1.807) is 0 Å². The minimum Gasteiger partial charge on any atom is -0.492 e. The van der Waals surface area contributed by atoms with Gasteiger partial charge < -0.3 is 4.74 Å². The number of benzene rings is 1. The fourth-order valence-electron chi connectivity index (χ4n) is 1.07. The number of ether oxygens (including phenoxy) is 1. The standard InChI is InChI=1S/C11H14BrClO/c1-2-3-6-14-11-7-9(8-12)4-5-10(11)13/h4-5,7H,2-3,6,8H2,1H3. The summed E-state index contributed by atoms with van der Waals surface area (Å²) in [5.41, 5.74) is 1.18. The Labute approximate surface area is 98.5 Å². The summed E-state index contributed by atoms with van der Waals surface area (Å²) in [6.45, 7) is 2.88. The first-order chi connectivity index (χ1) is 6.77. The van der Waals surface area contributed by atoms with Crippen LogP contribution in [-0.4, -0.2) is 6.61 Å². The average Bonchev–Trinajstić information content (AvgIpc) is 2.21. The van der Waals surface area contributed by atoms with Crippen molar-refractivity contribution in [2.45, 2.75) is 25.1 Å². The third-order valence-electron chi connectivity index (χ3n) is 1.91. The Morgan fingerprint density at radius 2 is 2.21 bits per heavy atom. The van der Waals surface area contributed by atoms with E-state index in [1.807, 2.05) is 18.2 Å². The van der Waals surface area contributed by atoms with E-state index < -0.39 is 0 Å². The number of alkyl halides is 1. The second-order valence-electron chi connectivity index (χ2n) is 3.10. The van der Waals surface area contributed by atoms with Crippen molar-refractivity contribution < 1.29 is 4.74 Å². The molecular weight excluding hydrogens is 263 g/mol. The molecule has 0 aliphatic carbocycles. The largest absolute Gasteiger partial charge is 0.492 e. The van der Waals surface area contributed by atoms with E-state index in [9.17, 15) is 0 Å². The van der Waals surface area contributed by atoms with Crippen LogP contribution in [0.2, 0.25) is 5.02 Å². The topological polar surface area (TPSA) is 9.23 Å². The van der Waals surface area contributed by atoms with Gasteiger partial charge in [-0.2, -0.15) is 0 Å². The number of hydrogen-bond acceptors (Lipinski definition) is 1. The molecule has 0 radical (unpaired) electrons. The first-order valence-corrected chi connectivity index (χ1v) is 6.25. The van der Waals surface area contributed by atoms with Crippen molar-refractivity contribution in [3.05, 3.63) is 28.8 Å². The molecule has 0 aliphatic rings. The van der Waals surface area contributed by atoms with Crippen LogP contribution < -0.4 is 4.74 Å². The van der Waals surface area contributed by atoms with Crippen LogP contribution in [0, 0.1) is 0 Å². The molecule has 1 rings (SSSR count). The zero-order valence-corrected chi connectivity index (χ0v) is 10.6. The summed E-state index contributed by atoms with van der Waals surface area (Å²) in [5, 5.41) is 1.51. The van der Waals surface area contributed by atoms with Crippen LogP contribution in [0.1, 0.15) is 25.3 Å². The molecule has 0 bridgehead atoms. The highest BCUT2D eigenvalue weighted by Gasteiger charge is 2.02. The molecule has 0 spiro atoms. The molecule has 1 aromatic rings. The molecular formula is C11H14BrClO. The smallest absolute Gasteiger partial charge is 0.138 e. The molecule has 0 unspecified atom stereocenters.